The van der Waals surface area contributed by atoms with Crippen LogP contribution in [0.1, 0.15) is 25.0 Å². The second-order valence-corrected chi connectivity index (χ2v) is 8.01. The van der Waals surface area contributed by atoms with Crippen molar-refractivity contribution < 1.29 is 23.3 Å². The van der Waals surface area contributed by atoms with Crippen molar-refractivity contribution in [2.75, 3.05) is 0 Å². The van der Waals surface area contributed by atoms with Crippen LogP contribution in [0.2, 0.25) is 0 Å². The summed E-state index contributed by atoms with van der Waals surface area (Å²) in [4.78, 5) is 0. The fraction of sp³-hybridized carbons (Fsp3) is 0.125. The number of benzene rings is 4. The van der Waals surface area contributed by atoms with Gasteiger partial charge in [-0.15, -0.1) is 81.8 Å². The number of halogens is 2. The molecule has 0 saturated carbocycles. The minimum atomic E-state index is 0. The van der Waals surface area contributed by atoms with Crippen LogP contribution in [0.3, 0.4) is 0 Å². The molecule has 0 saturated heterocycles. The quantitative estimate of drug-likeness (QED) is 0.136. The van der Waals surface area contributed by atoms with E-state index >= 15 is 0 Å². The van der Waals surface area contributed by atoms with Gasteiger partial charge in [0.1, 0.15) is 0 Å². The van der Waals surface area contributed by atoms with Gasteiger partial charge >= 0.3 is 30.2 Å². The van der Waals surface area contributed by atoms with E-state index in [1.54, 1.807) is 0 Å². The van der Waals surface area contributed by atoms with E-state index < -0.39 is 0 Å². The van der Waals surface area contributed by atoms with E-state index in [-0.39, 0.29) is 39.7 Å². The summed E-state index contributed by atoms with van der Waals surface area (Å²) < 4.78 is 0. The van der Waals surface area contributed by atoms with Gasteiger partial charge in [0, 0.05) is 0 Å². The van der Waals surface area contributed by atoms with Crippen LogP contribution in [-0.4, -0.2) is 6.88 Å². The van der Waals surface area contributed by atoms with E-state index in [4.69, 9.17) is 0 Å². The molecular formula is C32H34Cl2SiZr-4. The third kappa shape index (κ3) is 7.20. The molecule has 4 heteroatoms. The zero-order valence-electron chi connectivity index (χ0n) is 21.5. The zero-order valence-corrected chi connectivity index (χ0v) is 26.6. The molecule has 0 unspecified atom stereocenters. The van der Waals surface area contributed by atoms with Gasteiger partial charge in [0.05, 0.1) is 0 Å². The van der Waals surface area contributed by atoms with Crippen LogP contribution < -0.4 is 0 Å². The third-order valence-corrected chi connectivity index (χ3v) is 6.17. The monoisotopic (exact) mass is 606 g/mol. The van der Waals surface area contributed by atoms with Crippen molar-refractivity contribution >= 4 is 74.8 Å². The van der Waals surface area contributed by atoms with Crippen LogP contribution in [0.5, 0.6) is 0 Å². The normalized spacial score (nSPS) is 9.47. The van der Waals surface area contributed by atoms with Crippen LogP contribution in [-0.2, 0) is 36.2 Å². The summed E-state index contributed by atoms with van der Waals surface area (Å²) in [7, 11) is 0. The Bertz CT molecular complexity index is 1380. The van der Waals surface area contributed by atoms with Gasteiger partial charge in [-0.25, -0.2) is 0 Å². The molecule has 188 valence electrons. The molecular weight excluding hydrogens is 575 g/mol. The second-order valence-electron chi connectivity index (χ2n) is 8.01. The van der Waals surface area contributed by atoms with Gasteiger partial charge in [0.2, 0.25) is 0 Å². The average Bonchev–Trinajstić information content (AvgIpc) is 3.50. The Morgan fingerprint density at radius 1 is 0.556 bits per heavy atom. The summed E-state index contributed by atoms with van der Waals surface area (Å²) in [5.41, 5.74) is 2.86. The van der Waals surface area contributed by atoms with Gasteiger partial charge in [-0.3, -0.25) is 0 Å². The van der Waals surface area contributed by atoms with Crippen molar-refractivity contribution in [3.8, 4) is 0 Å². The van der Waals surface area contributed by atoms with Crippen LogP contribution >= 0.6 is 24.8 Å². The number of aryl methyl sites for hydroxylation is 2. The van der Waals surface area contributed by atoms with Gasteiger partial charge in [0.15, 0.2) is 0 Å². The first kappa shape index (κ1) is 34.3. The number of hydrogen-bond acceptors (Lipinski definition) is 0. The molecule has 0 heterocycles. The predicted octanol–water partition coefficient (Wildman–Crippen LogP) is 9.91. The predicted molar refractivity (Wildman–Crippen MR) is 166 cm³/mol. The van der Waals surface area contributed by atoms with E-state index in [2.05, 4.69) is 118 Å². The average molecular weight is 609 g/mol. The first-order chi connectivity index (χ1) is 15.8. The van der Waals surface area contributed by atoms with Crippen molar-refractivity contribution in [2.24, 2.45) is 0 Å². The molecule has 6 rings (SSSR count). The van der Waals surface area contributed by atoms with E-state index in [1.165, 1.54) is 77.6 Å². The Morgan fingerprint density at radius 3 is 1.25 bits per heavy atom. The summed E-state index contributed by atoms with van der Waals surface area (Å²) in [5.74, 6) is 0. The summed E-state index contributed by atoms with van der Waals surface area (Å²) in [6.45, 7) is 7.47. The Kier molecular flexibility index (Phi) is 15.4. The first-order valence-corrected chi connectivity index (χ1v) is 15.3. The fourth-order valence-corrected chi connectivity index (χ4v) is 4.46. The first-order valence-electron chi connectivity index (χ1n) is 11.2. The molecule has 0 fully saturated rings. The molecule has 0 aliphatic carbocycles. The van der Waals surface area contributed by atoms with E-state index in [0.29, 0.717) is 0 Å². The van der Waals surface area contributed by atoms with E-state index in [1.807, 2.05) is 0 Å². The molecule has 0 aliphatic heterocycles. The molecule has 6 aromatic rings. The molecule has 0 N–H and O–H groups in total. The maximum atomic E-state index is 3.06. The zero-order chi connectivity index (χ0) is 22.5. The van der Waals surface area contributed by atoms with E-state index in [9.17, 15) is 0 Å². The van der Waals surface area contributed by atoms with Crippen molar-refractivity contribution in [1.82, 2.24) is 0 Å². The molecule has 0 spiro atoms. The number of rotatable bonds is 2. The summed E-state index contributed by atoms with van der Waals surface area (Å²) in [6.07, 6.45) is 2.23. The Balaban J connectivity index is 0.000000577. The molecule has 0 amide bonds. The second kappa shape index (κ2) is 16.2. The molecule has 0 aromatic heterocycles. The van der Waals surface area contributed by atoms with Crippen LogP contribution in [0.25, 0.3) is 43.1 Å². The fourth-order valence-electron chi connectivity index (χ4n) is 4.46. The summed E-state index contributed by atoms with van der Waals surface area (Å²) in [5, 5.41) is 10.9. The Hall–Kier alpha value is -1.70. The van der Waals surface area contributed by atoms with E-state index in [0.717, 1.165) is 12.8 Å². The Morgan fingerprint density at radius 2 is 0.889 bits per heavy atom. The number of fused-ring (bicyclic) bond motifs is 6. The third-order valence-electron chi connectivity index (χ3n) is 6.17. The maximum absolute atomic E-state index is 3.06. The molecule has 0 nitrogen and oxygen atoms in total. The summed E-state index contributed by atoms with van der Waals surface area (Å²) in [6, 6.07) is 35.2. The topological polar surface area (TPSA) is 0 Å². The van der Waals surface area contributed by atoms with Gasteiger partial charge in [-0.2, -0.15) is 12.1 Å². The van der Waals surface area contributed by atoms with Crippen molar-refractivity contribution in [2.45, 2.75) is 26.7 Å². The van der Waals surface area contributed by atoms with Crippen molar-refractivity contribution in [1.29, 1.82) is 0 Å². The molecule has 0 bridgehead atoms. The Labute approximate surface area is 246 Å². The summed E-state index contributed by atoms with van der Waals surface area (Å²) >= 11 is 1.36. The van der Waals surface area contributed by atoms with Gasteiger partial charge in [-0.05, 0) is 12.8 Å². The standard InChI is InChI=1S/2C15H13.2CH3.2ClH.Si.Zr/c2*1-2-11-9-13-8-7-12-5-3-4-6-14(12)15(13)10-11;;;;;;/h2*3-10H,2H2,1H3;2*1H3;2*1H;;/q4*-1;;;;. The van der Waals surface area contributed by atoms with Crippen molar-refractivity contribution in [3.63, 3.8) is 0 Å². The van der Waals surface area contributed by atoms with Gasteiger partial charge in [0.25, 0.3) is 0 Å². The van der Waals surface area contributed by atoms with Crippen LogP contribution in [0, 0.1) is 14.9 Å². The van der Waals surface area contributed by atoms with Crippen LogP contribution in [0.4, 0.5) is 0 Å². The van der Waals surface area contributed by atoms with Gasteiger partial charge < -0.3 is 14.9 Å². The molecule has 2 radical (unpaired) electrons. The minimum absolute atomic E-state index is 0. The van der Waals surface area contributed by atoms with Gasteiger partial charge in [-0.1, -0.05) is 96.1 Å². The SMILES string of the molecule is CCc1cc2ccc3ccccc3c2[cH-]1.CCc1cc2ccc3ccccc3c2[cH-]1.Cl.Cl.[CH3-].[CH3-].[Si]=[Zr]. The number of hydrogen-bond donors (Lipinski definition) is 0. The molecule has 36 heavy (non-hydrogen) atoms. The molecule has 0 atom stereocenters. The molecule has 0 aliphatic rings. The van der Waals surface area contributed by atoms with Crippen LogP contribution in [0.15, 0.2) is 97.1 Å². The molecule has 6 aromatic carbocycles. The van der Waals surface area contributed by atoms with Crippen molar-refractivity contribution in [3.05, 3.63) is 123 Å².